The van der Waals surface area contributed by atoms with Crippen LogP contribution in [-0.2, 0) is 35.1 Å². The minimum absolute atomic E-state index is 0.0608. The normalized spacial score (nSPS) is 29.8. The van der Waals surface area contributed by atoms with Gasteiger partial charge in [-0.05, 0) is 111 Å². The van der Waals surface area contributed by atoms with Gasteiger partial charge in [-0.15, -0.1) is 0 Å². The number of primary amides is 2. The Balaban J connectivity index is 1.13. The summed E-state index contributed by atoms with van der Waals surface area (Å²) in [6, 6.07) is 4.76. The summed E-state index contributed by atoms with van der Waals surface area (Å²) >= 11 is 0. The molecule has 0 saturated heterocycles. The number of fused-ring (bicyclic) bond motifs is 5. The van der Waals surface area contributed by atoms with E-state index in [-0.39, 0.29) is 71.9 Å². The van der Waals surface area contributed by atoms with Crippen molar-refractivity contribution in [1.82, 2.24) is 0 Å². The molecule has 0 heterocycles. The van der Waals surface area contributed by atoms with Crippen LogP contribution in [0.15, 0.2) is 24.3 Å². The predicted octanol–water partition coefficient (Wildman–Crippen LogP) is 4.49. The molecule has 0 radical (unpaired) electrons. The molecular weight excluding hydrogens is 778 g/mol. The predicted molar refractivity (Wildman–Crippen MR) is 214 cm³/mol. The largest absolute Gasteiger partial charge is 0.507 e. The number of Topliss-reactive ketones (excluding diaryl/α,β-unsaturated/α-hetero) is 1. The number of aliphatic hydroxyl groups is 1. The maximum atomic E-state index is 13.6. The maximum absolute atomic E-state index is 13.6. The van der Waals surface area contributed by atoms with Gasteiger partial charge in [0.2, 0.25) is 5.91 Å². The topological polar surface area (TPSA) is 286 Å². The highest BCUT2D eigenvalue weighted by Gasteiger charge is 2.63. The van der Waals surface area contributed by atoms with E-state index in [2.05, 4.69) is 19.2 Å². The molecule has 4 saturated carbocycles. The van der Waals surface area contributed by atoms with Crippen molar-refractivity contribution in [2.45, 2.75) is 123 Å². The Morgan fingerprint density at radius 1 is 0.733 bits per heavy atom. The van der Waals surface area contributed by atoms with Crippen molar-refractivity contribution in [1.29, 1.82) is 0 Å². The Hall–Kier alpha value is -5.38. The fraction of sp³-hybridized carbons (Fsp3) is 0.591. The minimum Gasteiger partial charge on any atom is -0.507 e. The lowest BCUT2D eigenvalue weighted by molar-refractivity contribution is -0.199. The summed E-state index contributed by atoms with van der Waals surface area (Å²) in [4.78, 5) is 75.8. The van der Waals surface area contributed by atoms with Crippen LogP contribution in [0, 0.1) is 40.4 Å². The molecule has 2 aromatic carbocycles. The summed E-state index contributed by atoms with van der Waals surface area (Å²) in [5, 5.41) is 53.8. The Kier molecular flexibility index (Phi) is 12.7. The number of carbonyl (C=O) groups is 6. The molecule has 0 aromatic heterocycles. The molecule has 326 valence electrons. The van der Waals surface area contributed by atoms with Crippen LogP contribution >= 0.6 is 0 Å². The number of aromatic hydroxyl groups is 4. The van der Waals surface area contributed by atoms with E-state index >= 15 is 0 Å². The molecule has 4 fully saturated rings. The molecule has 6 rings (SSSR count). The van der Waals surface area contributed by atoms with Gasteiger partial charge in [0.25, 0.3) is 11.8 Å². The second kappa shape index (κ2) is 17.3. The average Bonchev–Trinajstić information content (AvgIpc) is 3.53. The molecule has 10 atom stereocenters. The Morgan fingerprint density at radius 2 is 1.33 bits per heavy atom. The summed E-state index contributed by atoms with van der Waals surface area (Å²) < 4.78 is 12.2. The second-order valence-corrected chi connectivity index (χ2v) is 17.9. The molecule has 0 spiro atoms. The summed E-state index contributed by atoms with van der Waals surface area (Å²) in [5.74, 6) is -5.88. The number of anilines is 1. The van der Waals surface area contributed by atoms with Crippen LogP contribution in [0.5, 0.6) is 23.0 Å². The minimum atomic E-state index is -1.09. The number of nitrogens with one attached hydrogen (secondary N) is 1. The SMILES string of the molecule is C[C@@H](O)C1CCC2C3C[C@H](OC(=O)CCC(=O)Nc4ccc(O)c(C(N)=O)c4O)[C@H]4C[C@@H](OC(=O)CCC(=O)Cc5ccc(O)c(C(N)=O)c5O)CC[C@]4(C)C3CC[C@@]21C. The summed E-state index contributed by atoms with van der Waals surface area (Å²) in [5.41, 5.74) is 9.05. The monoisotopic (exact) mass is 835 g/mol. The summed E-state index contributed by atoms with van der Waals surface area (Å²) in [6.45, 7) is 6.40. The fourth-order valence-electron chi connectivity index (χ4n) is 11.7. The molecule has 16 heteroatoms. The van der Waals surface area contributed by atoms with E-state index in [0.717, 1.165) is 37.8 Å². The van der Waals surface area contributed by atoms with Crippen molar-refractivity contribution in [3.05, 3.63) is 41.0 Å². The number of nitrogens with two attached hydrogens (primary N) is 2. The maximum Gasteiger partial charge on any atom is 0.306 e. The van der Waals surface area contributed by atoms with Gasteiger partial charge >= 0.3 is 11.9 Å². The van der Waals surface area contributed by atoms with Crippen molar-refractivity contribution in [2.24, 2.45) is 51.9 Å². The molecule has 16 nitrogen and oxygen atoms in total. The van der Waals surface area contributed by atoms with Gasteiger partial charge < -0.3 is 51.8 Å². The summed E-state index contributed by atoms with van der Waals surface area (Å²) in [7, 11) is 0. The third kappa shape index (κ3) is 8.61. The highest BCUT2D eigenvalue weighted by Crippen LogP contribution is 2.68. The van der Waals surface area contributed by atoms with Gasteiger partial charge in [0.1, 0.15) is 46.4 Å². The van der Waals surface area contributed by atoms with Crippen LogP contribution in [0.1, 0.15) is 124 Å². The van der Waals surface area contributed by atoms with Crippen LogP contribution in [0.25, 0.3) is 0 Å². The third-order valence-corrected chi connectivity index (χ3v) is 14.6. The van der Waals surface area contributed by atoms with Crippen molar-refractivity contribution in [3.63, 3.8) is 0 Å². The van der Waals surface area contributed by atoms with E-state index in [4.69, 9.17) is 20.9 Å². The molecule has 4 aliphatic carbocycles. The van der Waals surface area contributed by atoms with Gasteiger partial charge in [0, 0.05) is 30.7 Å². The molecule has 0 bridgehead atoms. The Labute approximate surface area is 348 Å². The molecule has 4 unspecified atom stereocenters. The van der Waals surface area contributed by atoms with Crippen molar-refractivity contribution in [2.75, 3.05) is 5.32 Å². The Morgan fingerprint density at radius 3 is 2.00 bits per heavy atom. The number of hydrogen-bond donors (Lipinski definition) is 8. The molecule has 2 aromatic rings. The number of amides is 3. The van der Waals surface area contributed by atoms with Crippen LogP contribution < -0.4 is 16.8 Å². The van der Waals surface area contributed by atoms with Crippen LogP contribution in [-0.4, -0.2) is 79.3 Å². The highest BCUT2D eigenvalue weighted by molar-refractivity contribution is 6.03. The molecule has 3 amide bonds. The van der Waals surface area contributed by atoms with Crippen molar-refractivity contribution in [3.8, 4) is 23.0 Å². The number of phenols is 4. The molecule has 60 heavy (non-hydrogen) atoms. The zero-order valence-electron chi connectivity index (χ0n) is 34.3. The van der Waals surface area contributed by atoms with Gasteiger partial charge in [-0.2, -0.15) is 0 Å². The molecule has 0 aliphatic heterocycles. The zero-order chi connectivity index (χ0) is 43.8. The number of hydrogen-bond acceptors (Lipinski definition) is 13. The quantitative estimate of drug-likeness (QED) is 0.0741. The van der Waals surface area contributed by atoms with E-state index < -0.39 is 87.9 Å². The first-order chi connectivity index (χ1) is 28.2. The van der Waals surface area contributed by atoms with Gasteiger partial charge in [-0.1, -0.05) is 19.9 Å². The average molecular weight is 836 g/mol. The number of aliphatic hydroxyl groups excluding tert-OH is 1. The molecular formula is C44H57N3O13. The first-order valence-electron chi connectivity index (χ1n) is 20.8. The number of rotatable bonds is 14. The number of benzene rings is 2. The van der Waals surface area contributed by atoms with E-state index in [9.17, 15) is 54.3 Å². The third-order valence-electron chi connectivity index (χ3n) is 14.6. The van der Waals surface area contributed by atoms with Crippen LogP contribution in [0.2, 0.25) is 0 Å². The van der Waals surface area contributed by atoms with E-state index in [1.165, 1.54) is 12.1 Å². The standard InChI is InChI=1S/C44H57N3O13/c1-21(48)26-6-7-27-25-20-33(60-36(54)13-11-34(52)47-30-8-10-32(51)38(40(30)56)42(46)58)29-19-24(14-16-44(29,3)28(25)15-17-43(26,27)2)59-35(53)12-5-23(49)18-22-4-9-31(50)37(39(22)55)41(45)57/h4,8-10,21,24-29,33,48,50-51,55-56H,5-7,11-20H2,1-3H3,(H2,45,57)(H2,46,58)(H,47,52)/t21-,24+,25?,26?,27?,28?,29-,33+,43-,44-/m1/s1. The number of ether oxygens (including phenoxy) is 2. The Bertz CT molecular complexity index is 2050. The number of carbonyl (C=O) groups excluding carboxylic acids is 6. The van der Waals surface area contributed by atoms with Crippen molar-refractivity contribution < 1.29 is 63.8 Å². The highest BCUT2D eigenvalue weighted by atomic mass is 16.6. The molecule has 4 aliphatic rings. The van der Waals surface area contributed by atoms with Crippen LogP contribution in [0.3, 0.4) is 0 Å². The van der Waals surface area contributed by atoms with E-state index in [0.29, 0.717) is 37.5 Å². The van der Waals surface area contributed by atoms with Crippen LogP contribution in [0.4, 0.5) is 5.69 Å². The first kappa shape index (κ1) is 44.2. The van der Waals surface area contributed by atoms with E-state index in [1.807, 2.05) is 6.92 Å². The van der Waals surface area contributed by atoms with Gasteiger partial charge in [-0.3, -0.25) is 28.8 Å². The second-order valence-electron chi connectivity index (χ2n) is 17.9. The van der Waals surface area contributed by atoms with E-state index in [1.54, 1.807) is 0 Å². The number of ketones is 1. The lowest BCUT2D eigenvalue weighted by atomic mass is 9.44. The lowest BCUT2D eigenvalue weighted by Gasteiger charge is -2.62. The van der Waals surface area contributed by atoms with Crippen molar-refractivity contribution >= 4 is 41.1 Å². The van der Waals surface area contributed by atoms with Gasteiger partial charge in [0.05, 0.1) is 24.6 Å². The first-order valence-corrected chi connectivity index (χ1v) is 20.8. The smallest absolute Gasteiger partial charge is 0.306 e. The van der Waals surface area contributed by atoms with Gasteiger partial charge in [0.15, 0.2) is 5.75 Å². The lowest BCUT2D eigenvalue weighted by Crippen LogP contribution is -2.59. The zero-order valence-corrected chi connectivity index (χ0v) is 34.3. The molecule has 10 N–H and O–H groups in total. The van der Waals surface area contributed by atoms with Gasteiger partial charge in [-0.25, -0.2) is 0 Å². The fourth-order valence-corrected chi connectivity index (χ4v) is 11.7. The summed E-state index contributed by atoms with van der Waals surface area (Å²) in [6.07, 6.45) is 3.33. The number of esters is 2.